The highest BCUT2D eigenvalue weighted by molar-refractivity contribution is 6.11. The molecule has 120 valence electrons. The van der Waals surface area contributed by atoms with E-state index >= 15 is 0 Å². The second-order valence-electron chi connectivity index (χ2n) is 6.13. The average Bonchev–Trinajstić information content (AvgIpc) is 2.78. The van der Waals surface area contributed by atoms with Crippen LogP contribution in [-0.4, -0.2) is 25.8 Å². The minimum atomic E-state index is -0.650. The smallest absolute Gasteiger partial charge is 0.167 e. The molecule has 0 aromatic heterocycles. The molecular weight excluding hydrogens is 292 g/mol. The van der Waals surface area contributed by atoms with Gasteiger partial charge in [0.1, 0.15) is 5.78 Å². The average molecular weight is 312 g/mol. The normalized spacial score (nSPS) is 22.5. The van der Waals surface area contributed by atoms with E-state index in [2.05, 4.69) is 0 Å². The summed E-state index contributed by atoms with van der Waals surface area (Å²) < 4.78 is 10.8. The minimum absolute atomic E-state index is 0.100. The number of ketones is 2. The quantitative estimate of drug-likeness (QED) is 0.804. The van der Waals surface area contributed by atoms with E-state index in [1.807, 2.05) is 26.0 Å². The topological polar surface area (TPSA) is 52.6 Å². The van der Waals surface area contributed by atoms with Gasteiger partial charge in [-0.2, -0.15) is 0 Å². The maximum Gasteiger partial charge on any atom is 0.167 e. The lowest BCUT2D eigenvalue weighted by atomic mass is 9.72. The lowest BCUT2D eigenvalue weighted by Gasteiger charge is -2.28. The fourth-order valence-corrected chi connectivity index (χ4v) is 3.88. The molecule has 0 aliphatic heterocycles. The van der Waals surface area contributed by atoms with E-state index in [-0.39, 0.29) is 17.5 Å². The fourth-order valence-electron chi connectivity index (χ4n) is 3.88. The molecule has 2 aliphatic carbocycles. The molecule has 2 aliphatic rings. The molecule has 4 heteroatoms. The number of fused-ring (bicyclic) bond motifs is 3. The van der Waals surface area contributed by atoms with Gasteiger partial charge in [0.15, 0.2) is 17.3 Å². The van der Waals surface area contributed by atoms with Gasteiger partial charge in [0.2, 0.25) is 0 Å². The van der Waals surface area contributed by atoms with Gasteiger partial charge in [0, 0.05) is 5.92 Å². The minimum Gasteiger partial charge on any atom is -0.493 e. The van der Waals surface area contributed by atoms with Crippen LogP contribution in [0, 0.1) is 5.92 Å². The molecule has 2 unspecified atom stereocenters. The third-order valence-electron chi connectivity index (χ3n) is 4.87. The molecule has 23 heavy (non-hydrogen) atoms. The van der Waals surface area contributed by atoms with E-state index in [4.69, 9.17) is 9.47 Å². The number of ether oxygens (including phenoxy) is 2. The number of methoxy groups -OCH3 is 2. The third kappa shape index (κ3) is 2.12. The van der Waals surface area contributed by atoms with Crippen LogP contribution in [0.5, 0.6) is 11.5 Å². The largest absolute Gasteiger partial charge is 0.493 e. The molecular formula is C19H20O4. The summed E-state index contributed by atoms with van der Waals surface area (Å²) in [5.74, 6) is 0.179. The molecule has 4 nitrogen and oxygen atoms in total. The van der Waals surface area contributed by atoms with E-state index in [0.717, 1.165) is 27.8 Å². The Hall–Kier alpha value is -2.36. The lowest BCUT2D eigenvalue weighted by molar-refractivity contribution is -0.129. The van der Waals surface area contributed by atoms with Crippen LogP contribution in [0.25, 0.3) is 5.57 Å². The van der Waals surface area contributed by atoms with Crippen molar-refractivity contribution in [1.29, 1.82) is 0 Å². The zero-order valence-electron chi connectivity index (χ0n) is 14.0. The van der Waals surface area contributed by atoms with Gasteiger partial charge >= 0.3 is 0 Å². The Bertz CT molecular complexity index is 783. The molecule has 0 spiro atoms. The first-order chi connectivity index (χ1) is 10.9. The summed E-state index contributed by atoms with van der Waals surface area (Å²) in [6.07, 6.45) is 1.60. The van der Waals surface area contributed by atoms with Crippen LogP contribution in [0.15, 0.2) is 29.4 Å². The maximum absolute atomic E-state index is 12.4. The van der Waals surface area contributed by atoms with Gasteiger partial charge in [-0.25, -0.2) is 0 Å². The van der Waals surface area contributed by atoms with Crippen molar-refractivity contribution in [2.75, 3.05) is 14.2 Å². The molecule has 0 bridgehead atoms. The highest BCUT2D eigenvalue weighted by Crippen LogP contribution is 2.53. The van der Waals surface area contributed by atoms with Crippen LogP contribution >= 0.6 is 0 Å². The molecule has 0 saturated heterocycles. The zero-order valence-corrected chi connectivity index (χ0v) is 14.0. The predicted molar refractivity (Wildman–Crippen MR) is 87.8 cm³/mol. The number of rotatable bonds is 3. The van der Waals surface area contributed by atoms with Crippen molar-refractivity contribution in [2.45, 2.75) is 26.7 Å². The van der Waals surface area contributed by atoms with Gasteiger partial charge in [-0.05, 0) is 66.8 Å². The Kier molecular flexibility index (Phi) is 3.63. The number of allylic oxidation sites excluding steroid dienone is 4. The molecule has 0 saturated carbocycles. The summed E-state index contributed by atoms with van der Waals surface area (Å²) in [5, 5.41) is 0. The van der Waals surface area contributed by atoms with Crippen LogP contribution in [-0.2, 0) is 9.59 Å². The van der Waals surface area contributed by atoms with Crippen LogP contribution in [0.2, 0.25) is 0 Å². The van der Waals surface area contributed by atoms with Crippen molar-refractivity contribution < 1.29 is 19.1 Å². The predicted octanol–water partition coefficient (Wildman–Crippen LogP) is 3.31. The first-order valence-electron chi connectivity index (χ1n) is 7.60. The fraction of sp³-hybridized carbons (Fsp3) is 0.368. The number of carbonyl (C=O) groups is 2. The first kappa shape index (κ1) is 15.5. The summed E-state index contributed by atoms with van der Waals surface area (Å²) in [5.41, 5.74) is 5.10. The number of hydrogen-bond donors (Lipinski definition) is 0. The third-order valence-corrected chi connectivity index (χ3v) is 4.87. The van der Waals surface area contributed by atoms with Crippen molar-refractivity contribution >= 4 is 17.1 Å². The molecule has 3 rings (SSSR count). The Morgan fingerprint density at radius 1 is 1.09 bits per heavy atom. The summed E-state index contributed by atoms with van der Waals surface area (Å²) >= 11 is 0. The number of benzene rings is 1. The molecule has 1 aromatic carbocycles. The van der Waals surface area contributed by atoms with Gasteiger partial charge in [-0.15, -0.1) is 0 Å². The first-order valence-corrected chi connectivity index (χ1v) is 7.60. The van der Waals surface area contributed by atoms with E-state index < -0.39 is 5.92 Å². The standard InChI is InChI=1S/C19H20O4/c1-9-6-14(21)18(11(3)20)19-13-8-16(23-5)15(22-4)7-12(13)10(2)17(9)19/h6-8,18-19H,1-5H3. The maximum atomic E-state index is 12.4. The van der Waals surface area contributed by atoms with Crippen molar-refractivity contribution in [3.05, 3.63) is 40.5 Å². The van der Waals surface area contributed by atoms with Gasteiger partial charge in [0.25, 0.3) is 0 Å². The summed E-state index contributed by atoms with van der Waals surface area (Å²) in [7, 11) is 3.18. The number of carbonyl (C=O) groups excluding carboxylic acids is 2. The summed E-state index contributed by atoms with van der Waals surface area (Å²) in [6, 6.07) is 3.83. The van der Waals surface area contributed by atoms with Crippen LogP contribution in [0.3, 0.4) is 0 Å². The highest BCUT2D eigenvalue weighted by Gasteiger charge is 2.44. The molecule has 2 atom stereocenters. The Balaban J connectivity index is 2.29. The van der Waals surface area contributed by atoms with Gasteiger partial charge in [0.05, 0.1) is 20.1 Å². The monoisotopic (exact) mass is 312 g/mol. The Morgan fingerprint density at radius 3 is 2.26 bits per heavy atom. The molecule has 1 aromatic rings. The van der Waals surface area contributed by atoms with E-state index in [9.17, 15) is 9.59 Å². The summed E-state index contributed by atoms with van der Waals surface area (Å²) in [6.45, 7) is 5.45. The SMILES string of the molecule is COc1cc2c(cc1OC)C1C(=C2C)C(C)=CC(=O)C1C(C)=O. The van der Waals surface area contributed by atoms with Crippen LogP contribution in [0.1, 0.15) is 37.8 Å². The molecule has 0 N–H and O–H groups in total. The molecule has 0 amide bonds. The molecule has 0 fully saturated rings. The van der Waals surface area contributed by atoms with Crippen molar-refractivity contribution in [1.82, 2.24) is 0 Å². The van der Waals surface area contributed by atoms with Gasteiger partial charge < -0.3 is 9.47 Å². The second-order valence-corrected chi connectivity index (χ2v) is 6.13. The second kappa shape index (κ2) is 5.37. The van der Waals surface area contributed by atoms with Crippen molar-refractivity contribution in [3.8, 4) is 11.5 Å². The lowest BCUT2D eigenvalue weighted by Crippen LogP contribution is -2.31. The summed E-state index contributed by atoms with van der Waals surface area (Å²) in [4.78, 5) is 24.5. The van der Waals surface area contributed by atoms with Crippen LogP contribution in [0.4, 0.5) is 0 Å². The van der Waals surface area contributed by atoms with E-state index in [0.29, 0.717) is 11.5 Å². The van der Waals surface area contributed by atoms with Gasteiger partial charge in [-0.1, -0.05) is 0 Å². The zero-order chi connectivity index (χ0) is 16.9. The van der Waals surface area contributed by atoms with Crippen LogP contribution < -0.4 is 9.47 Å². The number of hydrogen-bond acceptors (Lipinski definition) is 4. The Labute approximate surface area is 135 Å². The molecule has 0 heterocycles. The van der Waals surface area contributed by atoms with Crippen molar-refractivity contribution in [2.24, 2.45) is 5.92 Å². The molecule has 0 radical (unpaired) electrons. The van der Waals surface area contributed by atoms with E-state index in [1.54, 1.807) is 20.3 Å². The van der Waals surface area contributed by atoms with E-state index in [1.165, 1.54) is 6.92 Å². The highest BCUT2D eigenvalue weighted by atomic mass is 16.5. The number of Topliss-reactive ketones (excluding diaryl/α,β-unsaturated/α-hetero) is 1. The Morgan fingerprint density at radius 2 is 1.70 bits per heavy atom. The van der Waals surface area contributed by atoms with Crippen molar-refractivity contribution in [3.63, 3.8) is 0 Å². The van der Waals surface area contributed by atoms with Gasteiger partial charge in [-0.3, -0.25) is 9.59 Å².